The molecule has 2 aromatic rings. The van der Waals surface area contributed by atoms with Crippen molar-refractivity contribution in [2.45, 2.75) is 26.3 Å². The number of carbonyl (C=O) groups is 1. The van der Waals surface area contributed by atoms with E-state index in [1.807, 2.05) is 22.6 Å². The lowest BCUT2D eigenvalue weighted by Crippen LogP contribution is -2.30. The number of nitrogens with one attached hydrogen (secondary N) is 2. The lowest BCUT2D eigenvalue weighted by atomic mass is 10.1. The highest BCUT2D eigenvalue weighted by atomic mass is 127. The number of halogens is 3. The maximum Gasteiger partial charge on any atom is 0.278 e. The third-order valence-electron chi connectivity index (χ3n) is 4.04. The third-order valence-corrected chi connectivity index (χ3v) is 5.06. The summed E-state index contributed by atoms with van der Waals surface area (Å²) < 4.78 is 16.5. The van der Waals surface area contributed by atoms with E-state index >= 15 is 0 Å². The molecule has 6 nitrogen and oxygen atoms in total. The summed E-state index contributed by atoms with van der Waals surface area (Å²) in [6.07, 6.45) is 1.27. The molecular formula is C17H16ClFIN3O3. The normalized spacial score (nSPS) is 12.8. The number of pyridine rings is 1. The van der Waals surface area contributed by atoms with Crippen LogP contribution in [0, 0.1) is 9.39 Å². The van der Waals surface area contributed by atoms with Gasteiger partial charge in [-0.05, 0) is 60.6 Å². The third kappa shape index (κ3) is 3.58. The van der Waals surface area contributed by atoms with Crippen molar-refractivity contribution >= 4 is 51.5 Å². The number of hydroxylamine groups is 1. The van der Waals surface area contributed by atoms with Crippen LogP contribution < -0.4 is 16.4 Å². The number of hydrogen-bond donors (Lipinski definition) is 2. The molecule has 0 spiro atoms. The SMILES string of the molecule is CCONC(=O)c1c(Nc2ccc(I)cc2F)c(Cl)c(=O)n2c1CCC2. The predicted octanol–water partition coefficient (Wildman–Crippen LogP) is 3.62. The van der Waals surface area contributed by atoms with Crippen LogP contribution in [0.4, 0.5) is 15.8 Å². The van der Waals surface area contributed by atoms with Gasteiger partial charge in [0.15, 0.2) is 0 Å². The molecule has 2 heterocycles. The zero-order valence-corrected chi connectivity index (χ0v) is 16.8. The summed E-state index contributed by atoms with van der Waals surface area (Å²) in [5, 5.41) is 2.67. The summed E-state index contributed by atoms with van der Waals surface area (Å²) in [6, 6.07) is 4.58. The first-order valence-corrected chi connectivity index (χ1v) is 9.49. The van der Waals surface area contributed by atoms with Crippen LogP contribution in [0.5, 0.6) is 0 Å². The summed E-state index contributed by atoms with van der Waals surface area (Å²) in [7, 11) is 0. The fraction of sp³-hybridized carbons (Fsp3) is 0.294. The molecule has 0 fully saturated rings. The van der Waals surface area contributed by atoms with Gasteiger partial charge in [-0.2, -0.15) is 0 Å². The second kappa shape index (κ2) is 7.93. The molecule has 9 heteroatoms. The van der Waals surface area contributed by atoms with Gasteiger partial charge in [0.1, 0.15) is 10.8 Å². The number of fused-ring (bicyclic) bond motifs is 1. The molecule has 2 N–H and O–H groups in total. The van der Waals surface area contributed by atoms with Crippen LogP contribution in [-0.4, -0.2) is 17.1 Å². The Kier molecular flexibility index (Phi) is 5.83. The van der Waals surface area contributed by atoms with Gasteiger partial charge in [-0.1, -0.05) is 11.6 Å². The van der Waals surface area contributed by atoms with Gasteiger partial charge >= 0.3 is 0 Å². The van der Waals surface area contributed by atoms with Crippen LogP contribution in [0.15, 0.2) is 23.0 Å². The quantitative estimate of drug-likeness (QED) is 0.495. The van der Waals surface area contributed by atoms with E-state index in [-0.39, 0.29) is 28.6 Å². The first kappa shape index (κ1) is 19.1. The van der Waals surface area contributed by atoms with Crippen LogP contribution in [0.25, 0.3) is 0 Å². The fourth-order valence-corrected chi connectivity index (χ4v) is 3.61. The minimum Gasteiger partial charge on any atom is -0.351 e. The molecule has 3 rings (SSSR count). The molecular weight excluding hydrogens is 476 g/mol. The second-order valence-corrected chi connectivity index (χ2v) is 7.31. The Bertz CT molecular complexity index is 932. The van der Waals surface area contributed by atoms with E-state index < -0.39 is 17.3 Å². The maximum absolute atomic E-state index is 14.3. The molecule has 0 aliphatic carbocycles. The Labute approximate surface area is 167 Å². The Hall–Kier alpha value is -1.65. The van der Waals surface area contributed by atoms with E-state index in [9.17, 15) is 14.0 Å². The zero-order chi connectivity index (χ0) is 18.8. The summed E-state index contributed by atoms with van der Waals surface area (Å²) >= 11 is 8.25. The monoisotopic (exact) mass is 491 g/mol. The number of amides is 1. The first-order chi connectivity index (χ1) is 12.4. The van der Waals surface area contributed by atoms with Crippen molar-refractivity contribution in [2.75, 3.05) is 11.9 Å². The Balaban J connectivity index is 2.15. The van der Waals surface area contributed by atoms with Crippen LogP contribution in [0.2, 0.25) is 5.02 Å². The van der Waals surface area contributed by atoms with Gasteiger partial charge in [-0.3, -0.25) is 14.4 Å². The predicted molar refractivity (Wildman–Crippen MR) is 106 cm³/mol. The summed E-state index contributed by atoms with van der Waals surface area (Å²) in [6.45, 7) is 2.50. The standard InChI is InChI=1S/C17H16ClFIN3O3/c1-2-26-22-16(24)13-12-4-3-7-23(12)17(25)14(18)15(13)21-11-6-5-9(20)8-10(11)19/h5-6,8,21H,2-4,7H2,1H3,(H,22,24). The molecule has 1 aromatic heterocycles. The van der Waals surface area contributed by atoms with Crippen molar-refractivity contribution in [1.82, 2.24) is 10.0 Å². The molecule has 0 radical (unpaired) electrons. The molecule has 1 aliphatic heterocycles. The lowest BCUT2D eigenvalue weighted by Gasteiger charge is -2.18. The number of rotatable bonds is 5. The van der Waals surface area contributed by atoms with Gasteiger partial charge < -0.3 is 9.88 Å². The van der Waals surface area contributed by atoms with E-state index in [0.717, 1.165) is 9.99 Å². The van der Waals surface area contributed by atoms with Gasteiger partial charge in [0.2, 0.25) is 0 Å². The molecule has 1 aromatic carbocycles. The number of carbonyl (C=O) groups excluding carboxylic acids is 1. The maximum atomic E-state index is 14.3. The number of nitrogens with zero attached hydrogens (tertiary/aromatic N) is 1. The smallest absolute Gasteiger partial charge is 0.278 e. The van der Waals surface area contributed by atoms with E-state index in [4.69, 9.17) is 16.4 Å². The van der Waals surface area contributed by atoms with E-state index in [2.05, 4.69) is 10.8 Å². The van der Waals surface area contributed by atoms with E-state index in [1.165, 1.54) is 16.7 Å². The lowest BCUT2D eigenvalue weighted by molar-refractivity contribution is 0.0364. The number of anilines is 2. The molecule has 1 amide bonds. The van der Waals surface area contributed by atoms with Crippen LogP contribution in [-0.2, 0) is 17.8 Å². The highest BCUT2D eigenvalue weighted by molar-refractivity contribution is 14.1. The summed E-state index contributed by atoms with van der Waals surface area (Å²) in [5.41, 5.74) is 2.89. The van der Waals surface area contributed by atoms with Crippen LogP contribution in [0.3, 0.4) is 0 Å². The van der Waals surface area contributed by atoms with Crippen molar-refractivity contribution in [2.24, 2.45) is 0 Å². The molecule has 0 unspecified atom stereocenters. The molecule has 138 valence electrons. The molecule has 0 bridgehead atoms. The van der Waals surface area contributed by atoms with Crippen molar-refractivity contribution in [3.8, 4) is 0 Å². The topological polar surface area (TPSA) is 72.4 Å². The number of hydrogen-bond acceptors (Lipinski definition) is 4. The average molecular weight is 492 g/mol. The zero-order valence-electron chi connectivity index (χ0n) is 13.9. The van der Waals surface area contributed by atoms with Crippen LogP contribution in [0.1, 0.15) is 29.4 Å². The number of aromatic nitrogens is 1. The Morgan fingerprint density at radius 2 is 2.23 bits per heavy atom. The molecule has 1 aliphatic rings. The Morgan fingerprint density at radius 1 is 1.46 bits per heavy atom. The van der Waals surface area contributed by atoms with Gasteiger partial charge in [0.25, 0.3) is 11.5 Å². The van der Waals surface area contributed by atoms with Gasteiger partial charge in [-0.15, -0.1) is 0 Å². The van der Waals surface area contributed by atoms with Crippen molar-refractivity contribution in [1.29, 1.82) is 0 Å². The molecule has 0 saturated heterocycles. The first-order valence-electron chi connectivity index (χ1n) is 8.03. The van der Waals surface area contributed by atoms with E-state index in [1.54, 1.807) is 13.0 Å². The van der Waals surface area contributed by atoms with Crippen molar-refractivity contribution in [3.05, 3.63) is 54.2 Å². The average Bonchev–Trinajstić information content (AvgIpc) is 3.09. The van der Waals surface area contributed by atoms with Crippen molar-refractivity contribution < 1.29 is 14.0 Å². The van der Waals surface area contributed by atoms with E-state index in [0.29, 0.717) is 18.7 Å². The number of benzene rings is 1. The minimum atomic E-state index is -0.534. The fourth-order valence-electron chi connectivity index (χ4n) is 2.91. The van der Waals surface area contributed by atoms with Gasteiger partial charge in [0, 0.05) is 15.8 Å². The summed E-state index contributed by atoms with van der Waals surface area (Å²) in [5.74, 6) is -1.04. The van der Waals surface area contributed by atoms with Gasteiger partial charge in [0.05, 0.1) is 23.5 Å². The molecule has 0 saturated carbocycles. The highest BCUT2D eigenvalue weighted by Crippen LogP contribution is 2.33. The van der Waals surface area contributed by atoms with Crippen LogP contribution >= 0.6 is 34.2 Å². The second-order valence-electron chi connectivity index (χ2n) is 5.68. The molecule has 0 atom stereocenters. The Morgan fingerprint density at radius 3 is 2.92 bits per heavy atom. The summed E-state index contributed by atoms with van der Waals surface area (Å²) in [4.78, 5) is 30.2. The van der Waals surface area contributed by atoms with Crippen molar-refractivity contribution in [3.63, 3.8) is 0 Å². The minimum absolute atomic E-state index is 0.0853. The highest BCUT2D eigenvalue weighted by Gasteiger charge is 2.28. The molecule has 26 heavy (non-hydrogen) atoms. The van der Waals surface area contributed by atoms with Gasteiger partial charge in [-0.25, -0.2) is 9.87 Å². The largest absolute Gasteiger partial charge is 0.351 e.